The monoisotopic (exact) mass is 150 g/mol. The molecule has 0 saturated carbocycles. The normalized spacial score (nSPS) is 27.5. The lowest BCUT2D eigenvalue weighted by molar-refractivity contribution is 0.663. The molecular weight excluding hydrogens is 140 g/mol. The molecule has 1 unspecified atom stereocenters. The van der Waals surface area contributed by atoms with Crippen molar-refractivity contribution < 1.29 is 0 Å². The Kier molecular flexibility index (Phi) is 1.38. The van der Waals surface area contributed by atoms with E-state index in [1.165, 1.54) is 0 Å². The van der Waals surface area contributed by atoms with Crippen LogP contribution in [-0.2, 0) is 0 Å². The third-order valence-corrected chi connectivity index (χ3v) is 1.68. The molecule has 0 amide bonds. The predicted octanol–water partition coefficient (Wildman–Crippen LogP) is 0.197. The molecule has 0 aliphatic carbocycles. The molecule has 0 radical (unpaired) electrons. The minimum absolute atomic E-state index is 0.0810. The van der Waals surface area contributed by atoms with Crippen LogP contribution in [0.15, 0.2) is 21.8 Å². The number of hydrogen-bond donors (Lipinski definition) is 2. The minimum Gasteiger partial charge on any atom is -0.304 e. The van der Waals surface area contributed by atoms with Crippen LogP contribution in [0, 0.1) is 0 Å². The highest BCUT2D eigenvalue weighted by Gasteiger charge is 2.14. The van der Waals surface area contributed by atoms with Gasteiger partial charge < -0.3 is 5.43 Å². The van der Waals surface area contributed by atoms with Gasteiger partial charge in [-0.05, 0) is 13.0 Å². The van der Waals surface area contributed by atoms with Gasteiger partial charge in [0, 0.05) is 18.3 Å². The number of rotatable bonds is 0. The van der Waals surface area contributed by atoms with Gasteiger partial charge in [-0.2, -0.15) is 0 Å². The second kappa shape index (κ2) is 2.38. The number of hydrazine groups is 1. The van der Waals surface area contributed by atoms with Crippen LogP contribution in [0.1, 0.15) is 13.3 Å². The molecule has 2 rings (SSSR count). The molecule has 0 aromatic carbocycles. The zero-order valence-electron chi connectivity index (χ0n) is 6.33. The van der Waals surface area contributed by atoms with Crippen molar-refractivity contribution in [2.24, 2.45) is 9.98 Å². The standard InChI is InChI=1S/C7H10N4/c1-5-9-7-4-6(11-10-5)2-3-8-7/h2-3,7,11H,4H2,1H3,(H,9,10). The second-order valence-electron chi connectivity index (χ2n) is 2.64. The number of dihydropyridines is 1. The van der Waals surface area contributed by atoms with E-state index in [0.717, 1.165) is 18.0 Å². The maximum atomic E-state index is 4.30. The molecule has 0 aromatic heterocycles. The summed E-state index contributed by atoms with van der Waals surface area (Å²) in [5, 5.41) is 0. The largest absolute Gasteiger partial charge is 0.304 e. The second-order valence-corrected chi connectivity index (χ2v) is 2.64. The first kappa shape index (κ1) is 6.39. The van der Waals surface area contributed by atoms with E-state index in [2.05, 4.69) is 20.8 Å². The SMILES string of the molecule is CC1=NC2CC(=CC=N2)NN1. The van der Waals surface area contributed by atoms with Gasteiger partial charge in [0.2, 0.25) is 0 Å². The van der Waals surface area contributed by atoms with Gasteiger partial charge in [-0.15, -0.1) is 0 Å². The van der Waals surface area contributed by atoms with E-state index >= 15 is 0 Å². The molecule has 4 heteroatoms. The molecule has 2 heterocycles. The molecule has 0 spiro atoms. The molecule has 0 fully saturated rings. The van der Waals surface area contributed by atoms with Gasteiger partial charge in [-0.3, -0.25) is 10.4 Å². The van der Waals surface area contributed by atoms with Crippen LogP contribution in [0.3, 0.4) is 0 Å². The summed E-state index contributed by atoms with van der Waals surface area (Å²) < 4.78 is 0. The van der Waals surface area contributed by atoms with Gasteiger partial charge >= 0.3 is 0 Å². The lowest BCUT2D eigenvalue weighted by Crippen LogP contribution is -2.33. The Balaban J connectivity index is 2.28. The number of fused-ring (bicyclic) bond motifs is 2. The smallest absolute Gasteiger partial charge is 0.147 e. The van der Waals surface area contributed by atoms with Crippen molar-refractivity contribution in [2.45, 2.75) is 19.5 Å². The van der Waals surface area contributed by atoms with E-state index < -0.39 is 0 Å². The van der Waals surface area contributed by atoms with Gasteiger partial charge in [0.05, 0.1) is 0 Å². The van der Waals surface area contributed by atoms with Crippen molar-refractivity contribution in [1.82, 2.24) is 10.9 Å². The maximum Gasteiger partial charge on any atom is 0.147 e. The lowest BCUT2D eigenvalue weighted by Gasteiger charge is -2.10. The summed E-state index contributed by atoms with van der Waals surface area (Å²) in [6.45, 7) is 1.92. The first-order valence-corrected chi connectivity index (χ1v) is 3.63. The summed E-state index contributed by atoms with van der Waals surface area (Å²) in [7, 11) is 0. The highest BCUT2D eigenvalue weighted by molar-refractivity contribution is 5.81. The van der Waals surface area contributed by atoms with Crippen LogP contribution in [0.5, 0.6) is 0 Å². The summed E-state index contributed by atoms with van der Waals surface area (Å²) in [5.74, 6) is 0.887. The predicted molar refractivity (Wildman–Crippen MR) is 44.4 cm³/mol. The number of aliphatic imine (C=N–C) groups is 2. The van der Waals surface area contributed by atoms with E-state index in [0.29, 0.717) is 0 Å². The van der Waals surface area contributed by atoms with Gasteiger partial charge in [-0.25, -0.2) is 4.99 Å². The van der Waals surface area contributed by atoms with Gasteiger partial charge in [0.1, 0.15) is 12.0 Å². The van der Waals surface area contributed by atoms with Gasteiger partial charge in [0.15, 0.2) is 0 Å². The van der Waals surface area contributed by atoms with Crippen LogP contribution in [0.25, 0.3) is 0 Å². The van der Waals surface area contributed by atoms with E-state index in [4.69, 9.17) is 0 Å². The zero-order valence-corrected chi connectivity index (χ0v) is 6.33. The maximum absolute atomic E-state index is 4.30. The Bertz CT molecular complexity index is 251. The number of allylic oxidation sites excluding steroid dienone is 1. The first-order valence-electron chi connectivity index (χ1n) is 3.63. The Morgan fingerprint density at radius 1 is 1.55 bits per heavy atom. The van der Waals surface area contributed by atoms with Crippen LogP contribution in [0.2, 0.25) is 0 Å². The molecule has 1 atom stereocenters. The number of nitrogens with zero attached hydrogens (tertiary/aromatic N) is 2. The van der Waals surface area contributed by atoms with E-state index in [-0.39, 0.29) is 6.17 Å². The number of amidine groups is 1. The van der Waals surface area contributed by atoms with E-state index in [1.807, 2.05) is 13.0 Å². The van der Waals surface area contributed by atoms with Crippen molar-refractivity contribution in [3.05, 3.63) is 11.8 Å². The molecular formula is C7H10N4. The topological polar surface area (TPSA) is 48.8 Å². The van der Waals surface area contributed by atoms with Crippen LogP contribution >= 0.6 is 0 Å². The highest BCUT2D eigenvalue weighted by Crippen LogP contribution is 2.12. The summed E-state index contributed by atoms with van der Waals surface area (Å²) in [5.41, 5.74) is 7.16. The number of hydrogen-bond acceptors (Lipinski definition) is 4. The first-order chi connectivity index (χ1) is 5.34. The summed E-state index contributed by atoms with van der Waals surface area (Å²) in [6, 6.07) is 0. The third kappa shape index (κ3) is 1.24. The fraction of sp³-hybridized carbons (Fsp3) is 0.429. The highest BCUT2D eigenvalue weighted by atomic mass is 15.4. The van der Waals surface area contributed by atoms with Gasteiger partial charge in [0.25, 0.3) is 0 Å². The average molecular weight is 150 g/mol. The molecule has 2 bridgehead atoms. The molecule has 2 aliphatic heterocycles. The molecule has 2 aliphatic rings. The molecule has 4 nitrogen and oxygen atoms in total. The number of nitrogens with one attached hydrogen (secondary N) is 2. The Hall–Kier alpha value is -1.32. The Morgan fingerprint density at radius 2 is 2.45 bits per heavy atom. The fourth-order valence-electron chi connectivity index (χ4n) is 1.15. The van der Waals surface area contributed by atoms with Gasteiger partial charge in [-0.1, -0.05) is 0 Å². The molecule has 0 saturated heterocycles. The van der Waals surface area contributed by atoms with Crippen molar-refractivity contribution in [1.29, 1.82) is 0 Å². The lowest BCUT2D eigenvalue weighted by atomic mass is 10.2. The van der Waals surface area contributed by atoms with Crippen molar-refractivity contribution >= 4 is 12.1 Å². The average Bonchev–Trinajstić information content (AvgIpc) is 2.12. The van der Waals surface area contributed by atoms with Crippen molar-refractivity contribution in [2.75, 3.05) is 0 Å². The Labute approximate surface area is 65.1 Å². The van der Waals surface area contributed by atoms with E-state index in [1.54, 1.807) is 6.21 Å². The third-order valence-electron chi connectivity index (χ3n) is 1.68. The van der Waals surface area contributed by atoms with Crippen molar-refractivity contribution in [3.63, 3.8) is 0 Å². The summed E-state index contributed by atoms with van der Waals surface area (Å²) in [4.78, 5) is 8.49. The molecule has 2 N–H and O–H groups in total. The van der Waals surface area contributed by atoms with Crippen LogP contribution in [0.4, 0.5) is 0 Å². The quantitative estimate of drug-likeness (QED) is 0.518. The zero-order chi connectivity index (χ0) is 7.68. The molecule has 11 heavy (non-hydrogen) atoms. The van der Waals surface area contributed by atoms with Crippen LogP contribution in [-0.4, -0.2) is 18.2 Å². The summed E-state index contributed by atoms with van der Waals surface area (Å²) in [6.07, 6.45) is 4.70. The molecule has 0 aromatic rings. The van der Waals surface area contributed by atoms with E-state index in [9.17, 15) is 0 Å². The minimum atomic E-state index is 0.0810. The Morgan fingerprint density at radius 3 is 3.36 bits per heavy atom. The summed E-state index contributed by atoms with van der Waals surface area (Å²) >= 11 is 0. The van der Waals surface area contributed by atoms with Crippen LogP contribution < -0.4 is 10.9 Å². The van der Waals surface area contributed by atoms with Crippen molar-refractivity contribution in [3.8, 4) is 0 Å². The fourth-order valence-corrected chi connectivity index (χ4v) is 1.15. The molecule has 58 valence electrons.